The third-order valence-corrected chi connectivity index (χ3v) is 2.86. The van der Waals surface area contributed by atoms with E-state index in [9.17, 15) is 4.79 Å². The van der Waals surface area contributed by atoms with Crippen molar-refractivity contribution in [3.63, 3.8) is 0 Å². The lowest BCUT2D eigenvalue weighted by atomic mass is 10.3. The summed E-state index contributed by atoms with van der Waals surface area (Å²) in [5.41, 5.74) is 1.03. The highest BCUT2D eigenvalue weighted by molar-refractivity contribution is 5.91. The highest BCUT2D eigenvalue weighted by Gasteiger charge is 2.14. The molecule has 0 saturated carbocycles. The number of hydrogen-bond donors (Lipinski definition) is 3. The Labute approximate surface area is 101 Å². The zero-order chi connectivity index (χ0) is 12.1. The van der Waals surface area contributed by atoms with Crippen LogP contribution in [-0.2, 0) is 11.2 Å². The van der Waals surface area contributed by atoms with Crippen LogP contribution < -0.4 is 10.6 Å². The summed E-state index contributed by atoms with van der Waals surface area (Å²) in [6, 6.07) is 1.87. The molecular weight excluding hydrogens is 218 g/mol. The maximum Gasteiger partial charge on any atom is 0.239 e. The zero-order valence-corrected chi connectivity index (χ0v) is 10.1. The van der Waals surface area contributed by atoms with E-state index < -0.39 is 0 Å². The van der Waals surface area contributed by atoms with E-state index in [-0.39, 0.29) is 5.91 Å². The van der Waals surface area contributed by atoms with E-state index >= 15 is 0 Å². The molecule has 94 valence electrons. The monoisotopic (exact) mass is 237 g/mol. The minimum absolute atomic E-state index is 0.000975. The molecular formula is C11H19N5O. The summed E-state index contributed by atoms with van der Waals surface area (Å²) >= 11 is 0. The molecule has 1 fully saturated rings. The number of hydrogen-bond acceptors (Lipinski definition) is 4. The Morgan fingerprint density at radius 1 is 1.53 bits per heavy atom. The largest absolute Gasteiger partial charge is 0.314 e. The predicted octanol–water partition coefficient (Wildman–Crippen LogP) is -0.184. The van der Waals surface area contributed by atoms with Crippen molar-refractivity contribution < 1.29 is 4.79 Å². The van der Waals surface area contributed by atoms with E-state index in [1.807, 2.05) is 13.0 Å². The van der Waals surface area contributed by atoms with Gasteiger partial charge in [-0.25, -0.2) is 0 Å². The molecule has 1 amide bonds. The van der Waals surface area contributed by atoms with Gasteiger partial charge in [0.05, 0.1) is 6.54 Å². The first-order valence-corrected chi connectivity index (χ1v) is 6.05. The zero-order valence-electron chi connectivity index (χ0n) is 10.1. The summed E-state index contributed by atoms with van der Waals surface area (Å²) in [5.74, 6) is 0.614. The summed E-state index contributed by atoms with van der Waals surface area (Å²) < 4.78 is 0. The van der Waals surface area contributed by atoms with Crippen LogP contribution in [0.3, 0.4) is 0 Å². The number of aromatic nitrogens is 2. The van der Waals surface area contributed by atoms with E-state index in [1.54, 1.807) is 0 Å². The molecule has 0 aliphatic carbocycles. The van der Waals surface area contributed by atoms with Gasteiger partial charge in [-0.3, -0.25) is 14.8 Å². The van der Waals surface area contributed by atoms with Crippen LogP contribution in [0.15, 0.2) is 6.07 Å². The molecule has 0 atom stereocenters. The third-order valence-electron chi connectivity index (χ3n) is 2.86. The van der Waals surface area contributed by atoms with Crippen molar-refractivity contribution in [2.75, 3.05) is 38.0 Å². The van der Waals surface area contributed by atoms with E-state index in [0.717, 1.165) is 38.3 Å². The van der Waals surface area contributed by atoms with Gasteiger partial charge in [0.1, 0.15) is 0 Å². The summed E-state index contributed by atoms with van der Waals surface area (Å²) in [6.45, 7) is 6.24. The second-order valence-electron chi connectivity index (χ2n) is 4.21. The Bertz CT molecular complexity index is 370. The molecule has 17 heavy (non-hydrogen) atoms. The molecule has 0 bridgehead atoms. The quantitative estimate of drug-likeness (QED) is 0.679. The Morgan fingerprint density at radius 2 is 2.29 bits per heavy atom. The lowest BCUT2D eigenvalue weighted by Gasteiger charge is -2.26. The minimum Gasteiger partial charge on any atom is -0.314 e. The number of aromatic amines is 1. The normalized spacial score (nSPS) is 17.0. The molecule has 2 rings (SSSR count). The highest BCUT2D eigenvalue weighted by Crippen LogP contribution is 2.05. The molecule has 1 aliphatic heterocycles. The lowest BCUT2D eigenvalue weighted by Crippen LogP contribution is -2.46. The minimum atomic E-state index is 0.000975. The van der Waals surface area contributed by atoms with Gasteiger partial charge in [0.2, 0.25) is 5.91 Å². The number of nitrogens with one attached hydrogen (secondary N) is 3. The first-order valence-electron chi connectivity index (χ1n) is 6.05. The van der Waals surface area contributed by atoms with Crippen molar-refractivity contribution in [2.45, 2.75) is 13.3 Å². The van der Waals surface area contributed by atoms with Crippen molar-refractivity contribution in [1.29, 1.82) is 0 Å². The molecule has 3 N–H and O–H groups in total. The van der Waals surface area contributed by atoms with Crippen LogP contribution in [0.1, 0.15) is 12.6 Å². The second kappa shape index (κ2) is 5.79. The van der Waals surface area contributed by atoms with Gasteiger partial charge >= 0.3 is 0 Å². The molecule has 0 radical (unpaired) electrons. The molecule has 0 aromatic carbocycles. The summed E-state index contributed by atoms with van der Waals surface area (Å²) in [7, 11) is 0. The van der Waals surface area contributed by atoms with Crippen molar-refractivity contribution >= 4 is 11.7 Å². The van der Waals surface area contributed by atoms with Gasteiger partial charge in [-0.15, -0.1) is 0 Å². The van der Waals surface area contributed by atoms with Gasteiger partial charge in [0.15, 0.2) is 5.82 Å². The Morgan fingerprint density at radius 3 is 2.94 bits per heavy atom. The average Bonchev–Trinajstić information content (AvgIpc) is 2.78. The number of piperazine rings is 1. The molecule has 0 spiro atoms. The molecule has 2 heterocycles. The standard InChI is InChI=1S/C11H19N5O/c1-2-9-7-10(15-14-9)13-11(17)8-16-5-3-12-4-6-16/h7,12H,2-6,8H2,1H3,(H2,13,14,15,17). The number of rotatable bonds is 4. The van der Waals surface area contributed by atoms with Gasteiger partial charge in [-0.05, 0) is 6.42 Å². The van der Waals surface area contributed by atoms with E-state index in [1.165, 1.54) is 0 Å². The maximum absolute atomic E-state index is 11.8. The Balaban J connectivity index is 1.79. The average molecular weight is 237 g/mol. The van der Waals surface area contributed by atoms with Crippen LogP contribution in [0.5, 0.6) is 0 Å². The topological polar surface area (TPSA) is 73.1 Å². The molecule has 6 heteroatoms. The first-order chi connectivity index (χ1) is 8.28. The van der Waals surface area contributed by atoms with Gasteiger partial charge in [-0.1, -0.05) is 6.92 Å². The van der Waals surface area contributed by atoms with Crippen LogP contribution in [0.25, 0.3) is 0 Å². The van der Waals surface area contributed by atoms with Crippen molar-refractivity contribution in [3.05, 3.63) is 11.8 Å². The van der Waals surface area contributed by atoms with E-state index in [0.29, 0.717) is 12.4 Å². The van der Waals surface area contributed by atoms with Crippen LogP contribution >= 0.6 is 0 Å². The number of aryl methyl sites for hydroxylation is 1. The van der Waals surface area contributed by atoms with Gasteiger partial charge in [-0.2, -0.15) is 5.10 Å². The molecule has 1 saturated heterocycles. The number of amides is 1. The van der Waals surface area contributed by atoms with Crippen molar-refractivity contribution in [3.8, 4) is 0 Å². The summed E-state index contributed by atoms with van der Waals surface area (Å²) in [5, 5.41) is 13.0. The van der Waals surface area contributed by atoms with Crippen molar-refractivity contribution in [1.82, 2.24) is 20.4 Å². The van der Waals surface area contributed by atoms with E-state index in [2.05, 4.69) is 25.7 Å². The molecule has 0 unspecified atom stereocenters. The number of H-pyrrole nitrogens is 1. The highest BCUT2D eigenvalue weighted by atomic mass is 16.2. The molecule has 6 nitrogen and oxygen atoms in total. The van der Waals surface area contributed by atoms with Gasteiger partial charge in [0, 0.05) is 37.9 Å². The number of nitrogens with zero attached hydrogens (tertiary/aromatic N) is 2. The Kier molecular flexibility index (Phi) is 4.11. The number of anilines is 1. The third kappa shape index (κ3) is 3.54. The number of carbonyl (C=O) groups excluding carboxylic acids is 1. The van der Waals surface area contributed by atoms with Crippen LogP contribution in [0, 0.1) is 0 Å². The summed E-state index contributed by atoms with van der Waals surface area (Å²) in [4.78, 5) is 13.9. The summed E-state index contributed by atoms with van der Waals surface area (Å²) in [6.07, 6.45) is 0.890. The molecule has 1 aliphatic rings. The fourth-order valence-electron chi connectivity index (χ4n) is 1.86. The SMILES string of the molecule is CCc1cc(NC(=O)CN2CCNCC2)n[nH]1. The number of carbonyl (C=O) groups is 1. The molecule has 1 aromatic rings. The fourth-order valence-corrected chi connectivity index (χ4v) is 1.86. The van der Waals surface area contributed by atoms with Crippen LogP contribution in [0.2, 0.25) is 0 Å². The first kappa shape index (κ1) is 12.1. The molecule has 1 aromatic heterocycles. The Hall–Kier alpha value is -1.40. The second-order valence-corrected chi connectivity index (χ2v) is 4.21. The maximum atomic E-state index is 11.8. The predicted molar refractivity (Wildman–Crippen MR) is 65.9 cm³/mol. The van der Waals surface area contributed by atoms with Crippen LogP contribution in [-0.4, -0.2) is 53.7 Å². The van der Waals surface area contributed by atoms with Crippen LogP contribution in [0.4, 0.5) is 5.82 Å². The van der Waals surface area contributed by atoms with Crippen molar-refractivity contribution in [2.24, 2.45) is 0 Å². The van der Waals surface area contributed by atoms with E-state index in [4.69, 9.17) is 0 Å². The van der Waals surface area contributed by atoms with Gasteiger partial charge in [0.25, 0.3) is 0 Å². The fraction of sp³-hybridized carbons (Fsp3) is 0.636. The van der Waals surface area contributed by atoms with Gasteiger partial charge < -0.3 is 10.6 Å². The lowest BCUT2D eigenvalue weighted by molar-refractivity contribution is -0.117. The smallest absolute Gasteiger partial charge is 0.239 e.